The number of amides is 1. The summed E-state index contributed by atoms with van der Waals surface area (Å²) in [5.74, 6) is 0.281. The predicted molar refractivity (Wildman–Crippen MR) is 71.8 cm³/mol. The molecule has 2 unspecified atom stereocenters. The molecule has 1 aliphatic heterocycles. The van der Waals surface area contributed by atoms with Gasteiger partial charge in [-0.15, -0.1) is 0 Å². The van der Waals surface area contributed by atoms with Crippen LogP contribution in [0.3, 0.4) is 0 Å². The first-order valence-electron chi connectivity index (χ1n) is 7.11. The number of nitrogens with one attached hydrogen (secondary N) is 1. The third-order valence-electron chi connectivity index (χ3n) is 4.09. The zero-order chi connectivity index (χ0) is 12.9. The number of carbonyl (C=O) groups excluding carboxylic acids is 1. The van der Waals surface area contributed by atoms with E-state index in [0.717, 1.165) is 19.5 Å². The average molecular weight is 240 g/mol. The topological polar surface area (TPSA) is 32.3 Å². The molecule has 3 nitrogen and oxygen atoms in total. The van der Waals surface area contributed by atoms with Gasteiger partial charge in [0.15, 0.2) is 0 Å². The summed E-state index contributed by atoms with van der Waals surface area (Å²) in [5.41, 5.74) is -0.322. The van der Waals surface area contributed by atoms with Gasteiger partial charge < -0.3 is 4.90 Å². The summed E-state index contributed by atoms with van der Waals surface area (Å²) in [6.07, 6.45) is 7.11. The van der Waals surface area contributed by atoms with E-state index >= 15 is 0 Å². The van der Waals surface area contributed by atoms with Crippen LogP contribution in [0.2, 0.25) is 0 Å². The molecule has 2 atom stereocenters. The van der Waals surface area contributed by atoms with E-state index in [9.17, 15) is 4.79 Å². The Balaban J connectivity index is 2.38. The zero-order valence-electron chi connectivity index (χ0n) is 11.9. The van der Waals surface area contributed by atoms with Crippen molar-refractivity contribution in [1.29, 1.82) is 0 Å². The number of hydrogen-bond donors (Lipinski definition) is 1. The molecule has 1 amide bonds. The van der Waals surface area contributed by atoms with E-state index in [0.29, 0.717) is 6.04 Å². The lowest BCUT2D eigenvalue weighted by molar-refractivity contribution is -0.133. The molecule has 3 heteroatoms. The standard InChI is InChI=1S/C14H28N2O/c1-5-7-8-9-10-12(3)16-11-15-14(4,6-2)13(16)17/h12,15H,5-11H2,1-4H3. The molecule has 1 fully saturated rings. The van der Waals surface area contributed by atoms with Crippen LogP contribution in [0.5, 0.6) is 0 Å². The van der Waals surface area contributed by atoms with Gasteiger partial charge in [0.2, 0.25) is 5.91 Å². The van der Waals surface area contributed by atoms with Gasteiger partial charge in [-0.3, -0.25) is 10.1 Å². The fourth-order valence-electron chi connectivity index (χ4n) is 2.38. The molecule has 0 spiro atoms. The fourth-order valence-corrected chi connectivity index (χ4v) is 2.38. The molecule has 0 saturated carbocycles. The third kappa shape index (κ3) is 3.44. The number of carbonyl (C=O) groups is 1. The lowest BCUT2D eigenvalue weighted by atomic mass is 9.98. The second-order valence-corrected chi connectivity index (χ2v) is 5.49. The summed E-state index contributed by atoms with van der Waals surface area (Å²) in [7, 11) is 0. The molecule has 1 rings (SSSR count). The molecule has 1 aliphatic rings. The smallest absolute Gasteiger partial charge is 0.243 e. The minimum absolute atomic E-state index is 0.281. The lowest BCUT2D eigenvalue weighted by Gasteiger charge is -2.26. The Morgan fingerprint density at radius 2 is 2.06 bits per heavy atom. The minimum Gasteiger partial charge on any atom is -0.326 e. The summed E-state index contributed by atoms with van der Waals surface area (Å²) in [5, 5.41) is 3.34. The Bertz CT molecular complexity index is 255. The van der Waals surface area contributed by atoms with E-state index in [1.165, 1.54) is 25.7 Å². The van der Waals surface area contributed by atoms with Gasteiger partial charge in [-0.25, -0.2) is 0 Å². The Morgan fingerprint density at radius 1 is 1.35 bits per heavy atom. The molecule has 0 aromatic carbocycles. The largest absolute Gasteiger partial charge is 0.326 e. The highest BCUT2D eigenvalue weighted by molar-refractivity contribution is 5.88. The quantitative estimate of drug-likeness (QED) is 0.694. The van der Waals surface area contributed by atoms with Gasteiger partial charge in [0, 0.05) is 6.04 Å². The van der Waals surface area contributed by atoms with Crippen molar-refractivity contribution in [2.24, 2.45) is 0 Å². The molecular formula is C14H28N2O. The van der Waals surface area contributed by atoms with Gasteiger partial charge in [0.25, 0.3) is 0 Å². The molecule has 17 heavy (non-hydrogen) atoms. The Hall–Kier alpha value is -0.570. The first-order chi connectivity index (χ1) is 8.05. The van der Waals surface area contributed by atoms with Crippen LogP contribution in [0, 0.1) is 0 Å². The van der Waals surface area contributed by atoms with Gasteiger partial charge in [-0.05, 0) is 26.7 Å². The number of unbranched alkanes of at least 4 members (excludes halogenated alkanes) is 3. The molecule has 100 valence electrons. The van der Waals surface area contributed by atoms with E-state index < -0.39 is 0 Å². The second-order valence-electron chi connectivity index (χ2n) is 5.49. The van der Waals surface area contributed by atoms with Crippen LogP contribution in [0.1, 0.15) is 66.2 Å². The van der Waals surface area contributed by atoms with Crippen LogP contribution in [-0.2, 0) is 4.79 Å². The minimum atomic E-state index is -0.322. The normalized spacial score (nSPS) is 26.6. The first-order valence-corrected chi connectivity index (χ1v) is 7.11. The van der Waals surface area contributed by atoms with Crippen LogP contribution >= 0.6 is 0 Å². The molecule has 0 aromatic heterocycles. The molecule has 1 heterocycles. The third-order valence-corrected chi connectivity index (χ3v) is 4.09. The van der Waals surface area contributed by atoms with Gasteiger partial charge in [-0.1, -0.05) is 39.5 Å². The van der Waals surface area contributed by atoms with Crippen molar-refractivity contribution in [2.45, 2.75) is 77.8 Å². The van der Waals surface area contributed by atoms with Crippen molar-refractivity contribution in [1.82, 2.24) is 10.2 Å². The van der Waals surface area contributed by atoms with E-state index in [4.69, 9.17) is 0 Å². The van der Waals surface area contributed by atoms with Gasteiger partial charge in [0.05, 0.1) is 12.2 Å². The Morgan fingerprint density at radius 3 is 2.59 bits per heavy atom. The van der Waals surface area contributed by atoms with Crippen LogP contribution < -0.4 is 5.32 Å². The van der Waals surface area contributed by atoms with Crippen molar-refractivity contribution in [2.75, 3.05) is 6.67 Å². The van der Waals surface area contributed by atoms with Gasteiger partial charge in [-0.2, -0.15) is 0 Å². The zero-order valence-corrected chi connectivity index (χ0v) is 11.9. The summed E-state index contributed by atoms with van der Waals surface area (Å²) >= 11 is 0. The lowest BCUT2D eigenvalue weighted by Crippen LogP contribution is -2.44. The molecule has 0 bridgehead atoms. The maximum atomic E-state index is 12.3. The Labute approximate surface area is 106 Å². The molecule has 0 aromatic rings. The van der Waals surface area contributed by atoms with Crippen molar-refractivity contribution >= 4 is 5.91 Å². The SMILES string of the molecule is CCCCCCC(C)N1CNC(C)(CC)C1=O. The molecular weight excluding hydrogens is 212 g/mol. The molecule has 1 N–H and O–H groups in total. The average Bonchev–Trinajstić information content (AvgIpc) is 2.62. The predicted octanol–water partition coefficient (Wildman–Crippen LogP) is 2.90. The Kier molecular flexibility index (Phi) is 5.44. The number of hydrogen-bond acceptors (Lipinski definition) is 2. The number of rotatable bonds is 7. The van der Waals surface area contributed by atoms with Crippen molar-refractivity contribution in [3.8, 4) is 0 Å². The molecule has 0 aliphatic carbocycles. The van der Waals surface area contributed by atoms with E-state index in [1.54, 1.807) is 0 Å². The maximum Gasteiger partial charge on any atom is 0.243 e. The molecule has 0 radical (unpaired) electrons. The van der Waals surface area contributed by atoms with Crippen molar-refractivity contribution in [3.63, 3.8) is 0 Å². The van der Waals surface area contributed by atoms with Gasteiger partial charge >= 0.3 is 0 Å². The van der Waals surface area contributed by atoms with Crippen LogP contribution in [0.25, 0.3) is 0 Å². The highest BCUT2D eigenvalue weighted by atomic mass is 16.2. The highest BCUT2D eigenvalue weighted by Crippen LogP contribution is 2.23. The maximum absolute atomic E-state index is 12.3. The monoisotopic (exact) mass is 240 g/mol. The second kappa shape index (κ2) is 6.39. The number of nitrogens with zero attached hydrogens (tertiary/aromatic N) is 1. The first kappa shape index (κ1) is 14.5. The summed E-state index contributed by atoms with van der Waals surface area (Å²) in [6.45, 7) is 9.20. The summed E-state index contributed by atoms with van der Waals surface area (Å²) in [6, 6.07) is 0.375. The summed E-state index contributed by atoms with van der Waals surface area (Å²) < 4.78 is 0. The van der Waals surface area contributed by atoms with E-state index in [2.05, 4.69) is 26.1 Å². The summed E-state index contributed by atoms with van der Waals surface area (Å²) in [4.78, 5) is 14.3. The van der Waals surface area contributed by atoms with E-state index in [1.807, 2.05) is 11.8 Å². The van der Waals surface area contributed by atoms with Crippen LogP contribution in [-0.4, -0.2) is 29.1 Å². The molecule has 1 saturated heterocycles. The van der Waals surface area contributed by atoms with Crippen LogP contribution in [0.15, 0.2) is 0 Å². The van der Waals surface area contributed by atoms with E-state index in [-0.39, 0.29) is 11.4 Å². The fraction of sp³-hybridized carbons (Fsp3) is 0.929. The van der Waals surface area contributed by atoms with Crippen molar-refractivity contribution in [3.05, 3.63) is 0 Å². The van der Waals surface area contributed by atoms with Crippen molar-refractivity contribution < 1.29 is 4.79 Å². The van der Waals surface area contributed by atoms with Gasteiger partial charge in [0.1, 0.15) is 0 Å². The highest BCUT2D eigenvalue weighted by Gasteiger charge is 2.42. The van der Waals surface area contributed by atoms with Crippen LogP contribution in [0.4, 0.5) is 0 Å².